The third-order valence-corrected chi connectivity index (χ3v) is 5.77. The Kier molecular flexibility index (Phi) is 7.99. The highest BCUT2D eigenvalue weighted by atomic mass is 79.9. The molecule has 0 atom stereocenters. The molecular weight excluding hydrogens is 476 g/mol. The second kappa shape index (κ2) is 10.9. The van der Waals surface area contributed by atoms with Crippen molar-refractivity contribution in [1.82, 2.24) is 9.88 Å². The van der Waals surface area contributed by atoms with E-state index in [2.05, 4.69) is 31.5 Å². The molecule has 1 aromatic heterocycles. The number of carbonyl (C=O) groups is 2. The maximum Gasteiger partial charge on any atom is 0.264 e. The van der Waals surface area contributed by atoms with Crippen LogP contribution in [0.5, 0.6) is 11.6 Å². The number of aromatic nitrogens is 1. The third-order valence-electron chi connectivity index (χ3n) is 5.08. The summed E-state index contributed by atoms with van der Waals surface area (Å²) in [5.74, 6) is 0.0682. The molecule has 0 bridgehead atoms. The number of hydrogen-bond donors (Lipinski definition) is 2. The van der Waals surface area contributed by atoms with E-state index in [-0.39, 0.29) is 29.8 Å². The minimum atomic E-state index is -0.360. The number of nitrogens with zero attached hydrogens (tertiary/aromatic N) is 3. The van der Waals surface area contributed by atoms with E-state index in [1.165, 1.54) is 0 Å². The van der Waals surface area contributed by atoms with Crippen molar-refractivity contribution in [3.8, 4) is 11.6 Å². The summed E-state index contributed by atoms with van der Waals surface area (Å²) >= 11 is 3.36. The van der Waals surface area contributed by atoms with Crippen LogP contribution in [-0.4, -0.2) is 35.1 Å². The molecule has 0 spiro atoms. The number of aromatic hydroxyl groups is 1. The molecule has 0 aliphatic rings. The maximum atomic E-state index is 12.1. The van der Waals surface area contributed by atoms with E-state index < -0.39 is 0 Å². The lowest BCUT2D eigenvalue weighted by atomic mass is 10.2. The van der Waals surface area contributed by atoms with E-state index >= 15 is 0 Å². The molecule has 9 heteroatoms. The minimum Gasteiger partial charge on any atom is -0.497 e. The lowest BCUT2D eigenvalue weighted by Crippen LogP contribution is -2.24. The second-order valence-electron chi connectivity index (χ2n) is 7.25. The highest BCUT2D eigenvalue weighted by Crippen LogP contribution is 2.39. The standard InChI is InChI=1S/C23H25BrN4O4/c1-28-19-12-11-15(32-2)14-17(19)21(23(28)31)27-26-20(29)10-4-3-7-13-25-22(30)16-8-5-6-9-18(16)24/h5-6,8-9,11-12,14,31H,3-4,7,10,13H2,1-2H3,(H,25,30). The molecule has 3 aromatic rings. The van der Waals surface area contributed by atoms with E-state index in [4.69, 9.17) is 4.74 Å². The normalized spacial score (nSPS) is 11.2. The highest BCUT2D eigenvalue weighted by molar-refractivity contribution is 9.10. The monoisotopic (exact) mass is 500 g/mol. The number of azo groups is 1. The number of carbonyl (C=O) groups excluding carboxylic acids is 2. The molecule has 168 valence electrons. The van der Waals surface area contributed by atoms with Crippen molar-refractivity contribution in [2.75, 3.05) is 13.7 Å². The zero-order valence-electron chi connectivity index (χ0n) is 18.0. The fourth-order valence-electron chi connectivity index (χ4n) is 3.29. The topological polar surface area (TPSA) is 105 Å². The SMILES string of the molecule is COc1ccc2c(c1)c(N=NC(=O)CCCCCNC(=O)c1ccccc1Br)c(O)n2C. The molecule has 2 N–H and O–H groups in total. The number of nitrogens with one attached hydrogen (secondary N) is 1. The van der Waals surface area contributed by atoms with Gasteiger partial charge in [-0.1, -0.05) is 18.6 Å². The first-order chi connectivity index (χ1) is 15.4. The van der Waals surface area contributed by atoms with Gasteiger partial charge in [-0.3, -0.25) is 9.59 Å². The molecule has 2 amide bonds. The first kappa shape index (κ1) is 23.5. The molecule has 0 saturated carbocycles. The largest absolute Gasteiger partial charge is 0.497 e. The van der Waals surface area contributed by atoms with Gasteiger partial charge in [-0.2, -0.15) is 0 Å². The number of benzene rings is 2. The van der Waals surface area contributed by atoms with Crippen molar-refractivity contribution < 1.29 is 19.4 Å². The van der Waals surface area contributed by atoms with Gasteiger partial charge in [-0.25, -0.2) is 0 Å². The Bertz CT molecular complexity index is 1160. The van der Waals surface area contributed by atoms with Crippen molar-refractivity contribution in [3.63, 3.8) is 0 Å². The van der Waals surface area contributed by atoms with Gasteiger partial charge in [0.05, 0.1) is 18.2 Å². The van der Waals surface area contributed by atoms with Crippen LogP contribution in [0.4, 0.5) is 5.69 Å². The summed E-state index contributed by atoms with van der Waals surface area (Å²) in [7, 11) is 3.26. The summed E-state index contributed by atoms with van der Waals surface area (Å²) in [5, 5.41) is 21.6. The molecule has 32 heavy (non-hydrogen) atoms. The second-order valence-corrected chi connectivity index (χ2v) is 8.11. The summed E-state index contributed by atoms with van der Waals surface area (Å²) in [6.45, 7) is 0.529. The zero-order chi connectivity index (χ0) is 23.1. The number of hydrogen-bond acceptors (Lipinski definition) is 5. The van der Waals surface area contributed by atoms with Crippen molar-refractivity contribution >= 4 is 44.3 Å². The van der Waals surface area contributed by atoms with Crippen molar-refractivity contribution in [2.24, 2.45) is 17.3 Å². The summed E-state index contributed by atoms with van der Waals surface area (Å²) in [5.41, 5.74) is 1.59. The molecule has 8 nitrogen and oxygen atoms in total. The van der Waals surface area contributed by atoms with Gasteiger partial charge in [0, 0.05) is 29.9 Å². The van der Waals surface area contributed by atoms with E-state index in [0.717, 1.165) is 22.8 Å². The molecule has 0 saturated heterocycles. The van der Waals surface area contributed by atoms with Gasteiger partial charge in [-0.15, -0.1) is 10.2 Å². The average Bonchev–Trinajstić information content (AvgIpc) is 3.03. The Labute approximate surface area is 194 Å². The molecule has 3 rings (SSSR count). The molecule has 2 aromatic carbocycles. The lowest BCUT2D eigenvalue weighted by Gasteiger charge is -2.06. The molecule has 0 aliphatic heterocycles. The van der Waals surface area contributed by atoms with Gasteiger partial charge >= 0.3 is 0 Å². The van der Waals surface area contributed by atoms with Crippen LogP contribution in [0.25, 0.3) is 10.9 Å². The molecule has 0 radical (unpaired) electrons. The molecule has 0 unspecified atom stereocenters. The first-order valence-corrected chi connectivity index (χ1v) is 11.0. The number of halogens is 1. The molecule has 0 aliphatic carbocycles. The number of unbranched alkanes of at least 4 members (excludes halogenated alkanes) is 2. The van der Waals surface area contributed by atoms with E-state index in [9.17, 15) is 14.7 Å². The van der Waals surface area contributed by atoms with Gasteiger partial charge in [0.15, 0.2) is 5.69 Å². The molecule has 1 heterocycles. The maximum absolute atomic E-state index is 12.1. The zero-order valence-corrected chi connectivity index (χ0v) is 19.6. The fourth-order valence-corrected chi connectivity index (χ4v) is 3.76. The predicted molar refractivity (Wildman–Crippen MR) is 126 cm³/mol. The number of rotatable bonds is 9. The van der Waals surface area contributed by atoms with E-state index in [0.29, 0.717) is 29.7 Å². The van der Waals surface area contributed by atoms with Crippen LogP contribution in [0.3, 0.4) is 0 Å². The Balaban J connectivity index is 1.46. The number of ether oxygens (including phenoxy) is 1. The first-order valence-electron chi connectivity index (χ1n) is 10.2. The fraction of sp³-hybridized carbons (Fsp3) is 0.304. The van der Waals surface area contributed by atoms with Crippen LogP contribution < -0.4 is 10.1 Å². The predicted octanol–water partition coefficient (Wildman–Crippen LogP) is 5.26. The van der Waals surface area contributed by atoms with Gasteiger partial charge in [-0.05, 0) is 59.1 Å². The van der Waals surface area contributed by atoms with Crippen LogP contribution in [-0.2, 0) is 11.8 Å². The Morgan fingerprint density at radius 2 is 1.94 bits per heavy atom. The van der Waals surface area contributed by atoms with Crippen LogP contribution in [0.2, 0.25) is 0 Å². The molecular formula is C23H25BrN4O4. The van der Waals surface area contributed by atoms with Crippen molar-refractivity contribution in [1.29, 1.82) is 0 Å². The van der Waals surface area contributed by atoms with Crippen molar-refractivity contribution in [2.45, 2.75) is 25.7 Å². The van der Waals surface area contributed by atoms with Gasteiger partial charge in [0.2, 0.25) is 5.88 Å². The van der Waals surface area contributed by atoms with Crippen LogP contribution in [0.15, 0.2) is 57.2 Å². The summed E-state index contributed by atoms with van der Waals surface area (Å²) < 4.78 is 7.56. The highest BCUT2D eigenvalue weighted by Gasteiger charge is 2.15. The van der Waals surface area contributed by atoms with Crippen LogP contribution in [0, 0.1) is 0 Å². The number of fused-ring (bicyclic) bond motifs is 1. The number of methoxy groups -OCH3 is 1. The Hall–Kier alpha value is -3.20. The van der Waals surface area contributed by atoms with Crippen LogP contribution >= 0.6 is 15.9 Å². The number of aryl methyl sites for hydroxylation is 1. The quantitative estimate of drug-likeness (QED) is 0.308. The number of amides is 2. The van der Waals surface area contributed by atoms with Gasteiger partial charge in [0.1, 0.15) is 5.75 Å². The van der Waals surface area contributed by atoms with Gasteiger partial charge in [0.25, 0.3) is 11.8 Å². The average molecular weight is 501 g/mol. The Morgan fingerprint density at radius 3 is 2.69 bits per heavy atom. The summed E-state index contributed by atoms with van der Waals surface area (Å²) in [6, 6.07) is 12.6. The summed E-state index contributed by atoms with van der Waals surface area (Å²) in [4.78, 5) is 24.2. The van der Waals surface area contributed by atoms with E-state index in [1.54, 1.807) is 36.9 Å². The Morgan fingerprint density at radius 1 is 1.16 bits per heavy atom. The lowest BCUT2D eigenvalue weighted by molar-refractivity contribution is -0.118. The van der Waals surface area contributed by atoms with Crippen LogP contribution in [0.1, 0.15) is 36.0 Å². The van der Waals surface area contributed by atoms with Gasteiger partial charge < -0.3 is 19.7 Å². The molecule has 0 fully saturated rings. The van der Waals surface area contributed by atoms with Crippen molar-refractivity contribution in [3.05, 3.63) is 52.5 Å². The smallest absolute Gasteiger partial charge is 0.264 e. The van der Waals surface area contributed by atoms with E-state index in [1.807, 2.05) is 24.3 Å². The minimum absolute atomic E-state index is 0.0643. The third kappa shape index (κ3) is 5.53. The summed E-state index contributed by atoms with van der Waals surface area (Å²) in [6.07, 6.45) is 2.41.